The summed E-state index contributed by atoms with van der Waals surface area (Å²) in [7, 11) is -4.19. The third-order valence-corrected chi connectivity index (χ3v) is 14.8. The first-order chi connectivity index (χ1) is 37.4. The van der Waals surface area contributed by atoms with Crippen molar-refractivity contribution in [2.75, 3.05) is 31.8 Å². The van der Waals surface area contributed by atoms with Crippen LogP contribution in [0, 0.1) is 0 Å². The van der Waals surface area contributed by atoms with Gasteiger partial charge in [-0.3, -0.25) is 18.4 Å². The van der Waals surface area contributed by atoms with Gasteiger partial charge < -0.3 is 33.2 Å². The average molecular weight is 1130 g/mol. The molecule has 0 N–H and O–H groups in total. The molecule has 0 aromatic heterocycles. The van der Waals surface area contributed by atoms with Gasteiger partial charge in [0.25, 0.3) is 0 Å². The van der Waals surface area contributed by atoms with Crippen LogP contribution in [-0.2, 0) is 89.1 Å². The number of carbonyl (C=O) groups is 1. The fourth-order valence-corrected chi connectivity index (χ4v) is 10.5. The summed E-state index contributed by atoms with van der Waals surface area (Å²) in [4.78, 5) is 13.7. The first kappa shape index (κ1) is 61.1. The van der Waals surface area contributed by atoms with Crippen molar-refractivity contribution in [2.45, 2.75) is 167 Å². The summed E-state index contributed by atoms with van der Waals surface area (Å²) in [6.45, 7) is 2.86. The van der Waals surface area contributed by atoms with Gasteiger partial charge in [0, 0.05) is 11.8 Å². The minimum atomic E-state index is -4.19. The number of ether oxygens (including phenoxy) is 7. The Hall–Kier alpha value is -4.08. The largest absolute Gasteiger partial charge is 0.475 e. The molecule has 1 fully saturated rings. The van der Waals surface area contributed by atoms with Crippen molar-refractivity contribution in [2.24, 2.45) is 0 Å². The second-order valence-electron chi connectivity index (χ2n) is 19.3. The number of carbonyl (C=O) groups excluding carboxylic acids is 1. The molecule has 0 spiro atoms. The van der Waals surface area contributed by atoms with Gasteiger partial charge in [-0.05, 0) is 34.2 Å². The standard InChI is InChI=1S/C62H82BrO12P/c1-2-3-4-5-6-7-8-9-10-11-12-13-29-40-58(64)74-56(49-73-76(65,71-42-41-63)72-47-55-38-27-18-28-39-55)48-70-62-61(69-46-54-36-25-17-26-37-54)60(68-45-53-34-23-16-24-35-53)59(67-44-52-32-21-15-22-33-52)57(75-62)50-66-43-51-30-19-14-20-31-51/h14-28,30-39,56-57,59-62H,2-13,29,40-50H2,1H3/t56-,57-,59-,60+,61-,62-,76?/m1/s1. The molecule has 0 radical (unpaired) electrons. The van der Waals surface area contributed by atoms with Crippen LogP contribution in [-0.4, -0.2) is 74.5 Å². The van der Waals surface area contributed by atoms with E-state index in [0.29, 0.717) is 18.4 Å². The lowest BCUT2D eigenvalue weighted by atomic mass is 9.97. The predicted molar refractivity (Wildman–Crippen MR) is 300 cm³/mol. The summed E-state index contributed by atoms with van der Waals surface area (Å²) in [6, 6.07) is 49.0. The van der Waals surface area contributed by atoms with E-state index in [1.165, 1.54) is 57.8 Å². The minimum Gasteiger partial charge on any atom is -0.457 e. The van der Waals surface area contributed by atoms with E-state index >= 15 is 0 Å². The number of esters is 1. The second-order valence-corrected chi connectivity index (χ2v) is 21.8. The van der Waals surface area contributed by atoms with Crippen molar-refractivity contribution >= 4 is 29.7 Å². The third-order valence-electron chi connectivity index (χ3n) is 13.0. The number of alkyl halides is 1. The number of unbranched alkanes of at least 4 members (excludes halogenated alkanes) is 12. The molecule has 5 aromatic rings. The highest BCUT2D eigenvalue weighted by atomic mass is 79.9. The molecule has 0 aliphatic carbocycles. The topological polar surface area (TPSA) is 126 Å². The molecule has 1 saturated heterocycles. The Kier molecular flexibility index (Phi) is 29.7. The zero-order chi connectivity index (χ0) is 53.1. The zero-order valence-electron chi connectivity index (χ0n) is 44.6. The van der Waals surface area contributed by atoms with Crippen molar-refractivity contribution < 1.29 is 56.1 Å². The molecule has 76 heavy (non-hydrogen) atoms. The molecule has 6 rings (SSSR count). The number of hydrogen-bond acceptors (Lipinski definition) is 12. The van der Waals surface area contributed by atoms with Gasteiger partial charge >= 0.3 is 13.8 Å². The maximum absolute atomic E-state index is 14.2. The van der Waals surface area contributed by atoms with Crippen molar-refractivity contribution in [3.05, 3.63) is 179 Å². The van der Waals surface area contributed by atoms with E-state index in [-0.39, 0.29) is 59.3 Å². The number of phosphoric acid groups is 1. The summed E-state index contributed by atoms with van der Waals surface area (Å²) in [5.41, 5.74) is 4.65. The fraction of sp³-hybridized carbons (Fsp3) is 0.500. The third kappa shape index (κ3) is 23.9. The Balaban J connectivity index is 1.21. The van der Waals surface area contributed by atoms with Crippen LogP contribution in [0.5, 0.6) is 0 Å². The van der Waals surface area contributed by atoms with E-state index in [4.69, 9.17) is 46.7 Å². The highest BCUT2D eigenvalue weighted by Crippen LogP contribution is 2.50. The van der Waals surface area contributed by atoms with E-state index in [1.54, 1.807) is 0 Å². The van der Waals surface area contributed by atoms with Gasteiger partial charge in [0.15, 0.2) is 6.29 Å². The van der Waals surface area contributed by atoms with Crippen LogP contribution in [0.2, 0.25) is 0 Å². The van der Waals surface area contributed by atoms with E-state index < -0.39 is 50.6 Å². The number of hydrogen-bond donors (Lipinski definition) is 0. The molecule has 1 aliphatic heterocycles. The number of benzene rings is 5. The van der Waals surface area contributed by atoms with Gasteiger partial charge in [-0.15, -0.1) is 0 Å². The van der Waals surface area contributed by atoms with Crippen molar-refractivity contribution in [1.29, 1.82) is 0 Å². The fourth-order valence-electron chi connectivity index (χ4n) is 8.89. The Morgan fingerprint density at radius 1 is 0.500 bits per heavy atom. The molecule has 0 amide bonds. The minimum absolute atomic E-state index is 0.0254. The molecule has 1 heterocycles. The highest BCUT2D eigenvalue weighted by molar-refractivity contribution is 9.09. The van der Waals surface area contributed by atoms with Gasteiger partial charge in [0.1, 0.15) is 30.5 Å². The van der Waals surface area contributed by atoms with Gasteiger partial charge in [0.2, 0.25) is 0 Å². The van der Waals surface area contributed by atoms with Crippen molar-refractivity contribution in [3.63, 3.8) is 0 Å². The summed E-state index contributed by atoms with van der Waals surface area (Å²) in [6.07, 6.45) is 10.5. The van der Waals surface area contributed by atoms with Crippen LogP contribution in [0.1, 0.15) is 125 Å². The molecule has 14 heteroatoms. The molecule has 0 saturated carbocycles. The predicted octanol–water partition coefficient (Wildman–Crippen LogP) is 14.8. The van der Waals surface area contributed by atoms with Gasteiger partial charge in [-0.2, -0.15) is 0 Å². The lowest BCUT2D eigenvalue weighted by molar-refractivity contribution is -0.331. The number of rotatable bonds is 40. The van der Waals surface area contributed by atoms with Crippen LogP contribution in [0.15, 0.2) is 152 Å². The summed E-state index contributed by atoms with van der Waals surface area (Å²) < 4.78 is 78.7. The number of phosphoric ester groups is 1. The first-order valence-corrected chi connectivity index (χ1v) is 30.2. The molecule has 414 valence electrons. The van der Waals surface area contributed by atoms with Crippen molar-refractivity contribution in [3.8, 4) is 0 Å². The normalized spacial score (nSPS) is 18.7. The van der Waals surface area contributed by atoms with E-state index in [1.807, 2.05) is 152 Å². The van der Waals surface area contributed by atoms with E-state index in [0.717, 1.165) is 47.1 Å². The lowest BCUT2D eigenvalue weighted by Gasteiger charge is -2.46. The van der Waals surface area contributed by atoms with E-state index in [2.05, 4.69) is 22.9 Å². The quantitative estimate of drug-likeness (QED) is 0.0160. The molecule has 1 aliphatic rings. The maximum atomic E-state index is 14.2. The zero-order valence-corrected chi connectivity index (χ0v) is 47.1. The van der Waals surface area contributed by atoms with Crippen LogP contribution in [0.4, 0.5) is 0 Å². The Bertz CT molecular complexity index is 2280. The lowest BCUT2D eigenvalue weighted by Crippen LogP contribution is -2.62. The molecular weight excluding hydrogens is 1050 g/mol. The van der Waals surface area contributed by atoms with Gasteiger partial charge in [0.05, 0.1) is 59.5 Å². The van der Waals surface area contributed by atoms with Crippen LogP contribution in [0.25, 0.3) is 0 Å². The Morgan fingerprint density at radius 3 is 1.42 bits per heavy atom. The SMILES string of the molecule is CCCCCCCCCCCCCCCC(=O)O[C@H](CO[C@@H]1O[C@H](COCc2ccccc2)[C@@H](OCc2ccccc2)[C@H](OCc2ccccc2)[C@H]1OCc1ccccc1)COP(=O)(OCCBr)OCc1ccccc1. The second kappa shape index (κ2) is 36.9. The van der Waals surface area contributed by atoms with Crippen molar-refractivity contribution in [1.82, 2.24) is 0 Å². The van der Waals surface area contributed by atoms with Gasteiger partial charge in [-0.25, -0.2) is 4.57 Å². The van der Waals surface area contributed by atoms with Gasteiger partial charge in [-0.1, -0.05) is 252 Å². The Morgan fingerprint density at radius 2 is 0.934 bits per heavy atom. The molecule has 0 bridgehead atoms. The van der Waals surface area contributed by atoms with Crippen LogP contribution >= 0.6 is 23.8 Å². The first-order valence-electron chi connectivity index (χ1n) is 27.6. The summed E-state index contributed by atoms with van der Waals surface area (Å²) in [5, 5.41) is 0.388. The molecular formula is C62H82BrO12P. The maximum Gasteiger partial charge on any atom is 0.475 e. The molecule has 12 nitrogen and oxygen atoms in total. The average Bonchev–Trinajstić information content (AvgIpc) is 3.46. The Labute approximate surface area is 461 Å². The molecule has 7 atom stereocenters. The molecule has 5 aromatic carbocycles. The van der Waals surface area contributed by atoms with E-state index in [9.17, 15) is 9.36 Å². The monoisotopic (exact) mass is 1130 g/mol. The smallest absolute Gasteiger partial charge is 0.457 e. The number of halogens is 1. The van der Waals surface area contributed by atoms with Crippen LogP contribution in [0.3, 0.4) is 0 Å². The summed E-state index contributed by atoms with van der Waals surface area (Å²) >= 11 is 3.36. The summed E-state index contributed by atoms with van der Waals surface area (Å²) in [5.74, 6) is -0.422. The van der Waals surface area contributed by atoms with Crippen LogP contribution < -0.4 is 0 Å². The molecule has 1 unspecified atom stereocenters. The highest BCUT2D eigenvalue weighted by Gasteiger charge is 2.49.